The molecule has 1 amide bonds. The molecular formula is C19H31NO3. The number of rotatable bonds is 6. The number of hydrogen-bond acceptors (Lipinski definition) is 3. The second-order valence-electron chi connectivity index (χ2n) is 7.71. The van der Waals surface area contributed by atoms with Crippen LogP contribution in [0.15, 0.2) is 24.3 Å². The molecule has 4 heteroatoms. The summed E-state index contributed by atoms with van der Waals surface area (Å²) in [6.07, 6.45) is 0.331. The minimum atomic E-state index is -0.535. The fraction of sp³-hybridized carbons (Fsp3) is 0.632. The molecule has 1 rings (SSSR count). The number of carbonyl (C=O) groups is 1. The highest BCUT2D eigenvalue weighted by molar-refractivity contribution is 5.68. The van der Waals surface area contributed by atoms with Crippen molar-refractivity contribution in [3.05, 3.63) is 35.4 Å². The fourth-order valence-corrected chi connectivity index (χ4v) is 2.99. The molecule has 1 aromatic rings. The fourth-order valence-electron chi connectivity index (χ4n) is 2.99. The van der Waals surface area contributed by atoms with Gasteiger partial charge in [-0.2, -0.15) is 0 Å². The first kappa shape index (κ1) is 19.5. The highest BCUT2D eigenvalue weighted by Crippen LogP contribution is 2.33. The third-order valence-corrected chi connectivity index (χ3v) is 3.79. The van der Waals surface area contributed by atoms with E-state index < -0.39 is 17.1 Å². The van der Waals surface area contributed by atoms with Crippen molar-refractivity contribution in [2.45, 2.75) is 59.0 Å². The maximum Gasteiger partial charge on any atom is 0.407 e. The molecule has 0 heterocycles. The van der Waals surface area contributed by atoms with Crippen molar-refractivity contribution in [1.82, 2.24) is 5.32 Å². The first-order valence-corrected chi connectivity index (χ1v) is 8.23. The van der Waals surface area contributed by atoms with Crippen LogP contribution in [-0.4, -0.2) is 30.0 Å². The summed E-state index contributed by atoms with van der Waals surface area (Å²) in [5.41, 5.74) is 1.16. The van der Waals surface area contributed by atoms with Crippen molar-refractivity contribution < 1.29 is 14.6 Å². The minimum absolute atomic E-state index is 0.0220. The van der Waals surface area contributed by atoms with Gasteiger partial charge in [0.05, 0.1) is 6.61 Å². The van der Waals surface area contributed by atoms with E-state index in [1.54, 1.807) is 0 Å². The number of aryl methyl sites for hydroxylation is 1. The molecule has 0 aliphatic carbocycles. The van der Waals surface area contributed by atoms with Gasteiger partial charge in [0.1, 0.15) is 5.60 Å². The Balaban J connectivity index is 3.01. The second kappa shape index (κ2) is 7.82. The number of aliphatic hydroxyl groups is 1. The van der Waals surface area contributed by atoms with Gasteiger partial charge in [0.25, 0.3) is 0 Å². The van der Waals surface area contributed by atoms with E-state index >= 15 is 0 Å². The Labute approximate surface area is 140 Å². The number of amides is 1. The van der Waals surface area contributed by atoms with Gasteiger partial charge >= 0.3 is 6.09 Å². The summed E-state index contributed by atoms with van der Waals surface area (Å²) in [7, 11) is 0. The summed E-state index contributed by atoms with van der Waals surface area (Å²) < 4.78 is 5.32. The molecule has 0 spiro atoms. The average molecular weight is 321 g/mol. The molecule has 0 radical (unpaired) electrons. The quantitative estimate of drug-likeness (QED) is 0.838. The summed E-state index contributed by atoms with van der Waals surface area (Å²) >= 11 is 0. The molecular weight excluding hydrogens is 290 g/mol. The summed E-state index contributed by atoms with van der Waals surface area (Å²) in [4.78, 5) is 12.0. The van der Waals surface area contributed by atoms with Gasteiger partial charge in [-0.25, -0.2) is 4.79 Å². The van der Waals surface area contributed by atoms with Crippen molar-refractivity contribution in [2.24, 2.45) is 5.92 Å². The lowest BCUT2D eigenvalue weighted by Crippen LogP contribution is -2.46. The lowest BCUT2D eigenvalue weighted by Gasteiger charge is -2.36. The molecule has 0 aliphatic rings. The molecule has 130 valence electrons. The van der Waals surface area contributed by atoms with Crippen LogP contribution >= 0.6 is 0 Å². The topological polar surface area (TPSA) is 58.6 Å². The van der Waals surface area contributed by atoms with Gasteiger partial charge in [0.15, 0.2) is 0 Å². The molecule has 1 unspecified atom stereocenters. The van der Waals surface area contributed by atoms with Crippen LogP contribution in [0.4, 0.5) is 4.79 Å². The number of nitrogens with one attached hydrogen (secondary N) is 1. The van der Waals surface area contributed by atoms with Crippen molar-refractivity contribution >= 4 is 6.09 Å². The van der Waals surface area contributed by atoms with Crippen LogP contribution in [0.3, 0.4) is 0 Å². The Morgan fingerprint density at radius 3 is 2.35 bits per heavy atom. The number of hydrogen-bond donors (Lipinski definition) is 2. The summed E-state index contributed by atoms with van der Waals surface area (Å²) in [6, 6.07) is 8.02. The number of ether oxygens (including phenoxy) is 1. The van der Waals surface area contributed by atoms with Gasteiger partial charge in [0.2, 0.25) is 0 Å². The van der Waals surface area contributed by atoms with E-state index in [2.05, 4.69) is 19.2 Å². The first-order chi connectivity index (χ1) is 10.6. The molecule has 0 aromatic heterocycles. The van der Waals surface area contributed by atoms with Crippen LogP contribution in [0.1, 0.15) is 52.2 Å². The molecule has 4 nitrogen and oxygen atoms in total. The van der Waals surface area contributed by atoms with Gasteiger partial charge < -0.3 is 15.2 Å². The second-order valence-corrected chi connectivity index (χ2v) is 7.71. The lowest BCUT2D eigenvalue weighted by molar-refractivity contribution is 0.0496. The Bertz CT molecular complexity index is 520. The third kappa shape index (κ3) is 5.87. The van der Waals surface area contributed by atoms with Crippen LogP contribution < -0.4 is 5.32 Å². The van der Waals surface area contributed by atoms with E-state index in [-0.39, 0.29) is 6.61 Å². The predicted molar refractivity (Wildman–Crippen MR) is 93.6 cm³/mol. The highest BCUT2D eigenvalue weighted by atomic mass is 16.6. The zero-order chi connectivity index (χ0) is 17.7. The van der Waals surface area contributed by atoms with E-state index in [4.69, 9.17) is 4.74 Å². The number of alkyl carbamates (subject to hydrolysis) is 1. The van der Waals surface area contributed by atoms with Gasteiger partial charge in [-0.15, -0.1) is 0 Å². The third-order valence-electron chi connectivity index (χ3n) is 3.79. The van der Waals surface area contributed by atoms with Crippen LogP contribution in [0.2, 0.25) is 0 Å². The molecule has 1 aromatic carbocycles. The Morgan fingerprint density at radius 1 is 1.26 bits per heavy atom. The predicted octanol–water partition coefficient (Wildman–Crippen LogP) is 3.80. The van der Waals surface area contributed by atoms with Crippen molar-refractivity contribution in [2.75, 3.05) is 13.2 Å². The van der Waals surface area contributed by atoms with Crippen molar-refractivity contribution in [1.29, 1.82) is 0 Å². The summed E-state index contributed by atoms with van der Waals surface area (Å²) in [6.45, 7) is 12.1. The van der Waals surface area contributed by atoms with Gasteiger partial charge in [0, 0.05) is 12.0 Å². The largest absolute Gasteiger partial charge is 0.444 e. The molecule has 23 heavy (non-hydrogen) atoms. The first-order valence-electron chi connectivity index (χ1n) is 8.23. The molecule has 1 atom stereocenters. The van der Waals surface area contributed by atoms with E-state index in [1.807, 2.05) is 52.0 Å². The Morgan fingerprint density at radius 2 is 1.87 bits per heavy atom. The number of aliphatic hydroxyl groups excluding tert-OH is 1. The molecule has 2 N–H and O–H groups in total. The number of benzene rings is 1. The molecule has 0 fully saturated rings. The monoisotopic (exact) mass is 321 g/mol. The smallest absolute Gasteiger partial charge is 0.407 e. The van der Waals surface area contributed by atoms with E-state index in [9.17, 15) is 9.90 Å². The minimum Gasteiger partial charge on any atom is -0.444 e. The van der Waals surface area contributed by atoms with Crippen LogP contribution in [0, 0.1) is 12.8 Å². The normalized spacial score (nSPS) is 14.4. The van der Waals surface area contributed by atoms with E-state index in [1.165, 1.54) is 0 Å². The average Bonchev–Trinajstić information content (AvgIpc) is 2.42. The lowest BCUT2D eigenvalue weighted by atomic mass is 9.73. The van der Waals surface area contributed by atoms with E-state index in [0.29, 0.717) is 12.5 Å². The van der Waals surface area contributed by atoms with Crippen LogP contribution in [0.25, 0.3) is 0 Å². The maximum atomic E-state index is 12.0. The van der Waals surface area contributed by atoms with Crippen molar-refractivity contribution in [3.8, 4) is 0 Å². The van der Waals surface area contributed by atoms with E-state index in [0.717, 1.165) is 17.5 Å². The van der Waals surface area contributed by atoms with Gasteiger partial charge in [-0.05, 0) is 51.2 Å². The Kier molecular flexibility index (Phi) is 6.63. The molecule has 0 aliphatic heterocycles. The summed E-state index contributed by atoms with van der Waals surface area (Å²) in [5, 5.41) is 13.0. The zero-order valence-electron chi connectivity index (χ0n) is 15.3. The van der Waals surface area contributed by atoms with Gasteiger partial charge in [-0.1, -0.05) is 38.1 Å². The van der Waals surface area contributed by atoms with Crippen LogP contribution in [0.5, 0.6) is 0 Å². The zero-order valence-corrected chi connectivity index (χ0v) is 15.3. The summed E-state index contributed by atoms with van der Waals surface area (Å²) in [5.74, 6) is 0.391. The van der Waals surface area contributed by atoms with Gasteiger partial charge in [-0.3, -0.25) is 0 Å². The SMILES string of the molecule is Cc1ccccc1C(CO)(CNC(=O)OC(C)(C)C)CC(C)C. The molecule has 0 bridgehead atoms. The standard InChI is InChI=1S/C19H31NO3/c1-14(2)11-19(13-21,16-10-8-7-9-15(16)3)12-20-17(22)23-18(4,5)6/h7-10,14,21H,11-13H2,1-6H3,(H,20,22). The number of carbonyl (C=O) groups excluding carboxylic acids is 1. The Hall–Kier alpha value is -1.55. The molecule has 0 saturated carbocycles. The maximum absolute atomic E-state index is 12.0. The highest BCUT2D eigenvalue weighted by Gasteiger charge is 2.34. The van der Waals surface area contributed by atoms with Crippen molar-refractivity contribution in [3.63, 3.8) is 0 Å². The molecule has 0 saturated heterocycles. The van der Waals surface area contributed by atoms with Crippen LogP contribution in [-0.2, 0) is 10.2 Å².